The number of halogens is 1. The molecule has 0 radical (unpaired) electrons. The second-order valence-corrected chi connectivity index (χ2v) is 8.04. The zero-order chi connectivity index (χ0) is 21.6. The molecule has 1 N–H and O–H groups in total. The highest BCUT2D eigenvalue weighted by molar-refractivity contribution is 7.87. The molecular formula is C22H15ClN2O4S. The van der Waals surface area contributed by atoms with Crippen molar-refractivity contribution >= 4 is 39.4 Å². The monoisotopic (exact) mass is 438 g/mol. The number of hydrogen-bond donors (Lipinski definition) is 1. The van der Waals surface area contributed by atoms with Crippen LogP contribution in [0.1, 0.15) is 5.56 Å². The number of hydrogen-bond acceptors (Lipinski definition) is 5. The molecular weight excluding hydrogens is 424 g/mol. The van der Waals surface area contributed by atoms with E-state index >= 15 is 0 Å². The number of nitrogens with one attached hydrogen (secondary N) is 1. The predicted octanol–water partition coefficient (Wildman–Crippen LogP) is 4.65. The van der Waals surface area contributed by atoms with Crippen molar-refractivity contribution in [1.29, 1.82) is 5.26 Å². The minimum absolute atomic E-state index is 0.0402. The van der Waals surface area contributed by atoms with Crippen LogP contribution in [0.2, 0.25) is 5.02 Å². The molecule has 8 heteroatoms. The van der Waals surface area contributed by atoms with Crippen molar-refractivity contribution in [2.24, 2.45) is 0 Å². The summed E-state index contributed by atoms with van der Waals surface area (Å²) in [5.74, 6) is -0.482. The maximum absolute atomic E-state index is 12.3. The van der Waals surface area contributed by atoms with Gasteiger partial charge in [0.05, 0.1) is 0 Å². The number of amides is 1. The Morgan fingerprint density at radius 2 is 1.70 bits per heavy atom. The third kappa shape index (κ3) is 5.47. The number of anilines is 1. The van der Waals surface area contributed by atoms with Crippen LogP contribution in [0.3, 0.4) is 0 Å². The molecule has 0 spiro atoms. The number of nitrogens with zero attached hydrogens (tertiary/aromatic N) is 1. The van der Waals surface area contributed by atoms with E-state index in [2.05, 4.69) is 5.32 Å². The van der Waals surface area contributed by atoms with E-state index in [1.54, 1.807) is 54.6 Å². The molecule has 30 heavy (non-hydrogen) atoms. The molecule has 1 amide bonds. The molecule has 3 rings (SSSR count). The van der Waals surface area contributed by atoms with Gasteiger partial charge in [-0.3, -0.25) is 4.79 Å². The lowest BCUT2D eigenvalue weighted by Gasteiger charge is -2.07. The molecule has 0 fully saturated rings. The standard InChI is InChI=1S/C22H15ClN2O4S/c23-18-5-4-6-19(14-18)25-22(26)17(15-24)13-16-9-11-20(12-10-16)29-30(27,28)21-7-2-1-3-8-21/h1-14H,(H,25,26)/b17-13+. The summed E-state index contributed by atoms with van der Waals surface area (Å²) in [4.78, 5) is 12.4. The molecule has 0 saturated carbocycles. The normalized spacial score (nSPS) is 11.4. The van der Waals surface area contributed by atoms with Gasteiger partial charge in [0.2, 0.25) is 0 Å². The van der Waals surface area contributed by atoms with Gasteiger partial charge < -0.3 is 9.50 Å². The van der Waals surface area contributed by atoms with Gasteiger partial charge in [-0.1, -0.05) is 48.0 Å². The quantitative estimate of drug-likeness (QED) is 0.343. The fourth-order valence-electron chi connectivity index (χ4n) is 2.46. The largest absolute Gasteiger partial charge is 0.379 e. The number of nitriles is 1. The molecule has 0 heterocycles. The summed E-state index contributed by atoms with van der Waals surface area (Å²) in [6.07, 6.45) is 1.38. The van der Waals surface area contributed by atoms with E-state index in [0.29, 0.717) is 16.3 Å². The summed E-state index contributed by atoms with van der Waals surface area (Å²) in [6.45, 7) is 0. The van der Waals surface area contributed by atoms with Crippen LogP contribution >= 0.6 is 11.6 Å². The Balaban J connectivity index is 1.74. The molecule has 0 aromatic heterocycles. The van der Waals surface area contributed by atoms with Crippen molar-refractivity contribution in [3.63, 3.8) is 0 Å². The zero-order valence-corrected chi connectivity index (χ0v) is 17.0. The molecule has 0 saturated heterocycles. The Hall–Kier alpha value is -3.60. The highest BCUT2D eigenvalue weighted by atomic mass is 35.5. The van der Waals surface area contributed by atoms with E-state index in [0.717, 1.165) is 0 Å². The van der Waals surface area contributed by atoms with Crippen molar-refractivity contribution in [3.05, 3.63) is 95.0 Å². The summed E-state index contributed by atoms with van der Waals surface area (Å²) < 4.78 is 29.6. The first-order valence-electron chi connectivity index (χ1n) is 8.66. The lowest BCUT2D eigenvalue weighted by atomic mass is 10.1. The molecule has 0 bridgehead atoms. The Morgan fingerprint density at radius 3 is 2.33 bits per heavy atom. The molecule has 6 nitrogen and oxygen atoms in total. The summed E-state index contributed by atoms with van der Waals surface area (Å²) in [5.41, 5.74) is 0.862. The second-order valence-electron chi connectivity index (χ2n) is 6.05. The van der Waals surface area contributed by atoms with Gasteiger partial charge in [-0.15, -0.1) is 0 Å². The van der Waals surface area contributed by atoms with Gasteiger partial charge in [0.25, 0.3) is 5.91 Å². The highest BCUT2D eigenvalue weighted by Gasteiger charge is 2.16. The van der Waals surface area contributed by atoms with Crippen molar-refractivity contribution in [2.45, 2.75) is 4.90 Å². The number of benzene rings is 3. The van der Waals surface area contributed by atoms with Crippen molar-refractivity contribution in [1.82, 2.24) is 0 Å². The molecule has 3 aromatic carbocycles. The second kappa shape index (κ2) is 9.27. The first-order valence-corrected chi connectivity index (χ1v) is 10.4. The third-order valence-electron chi connectivity index (χ3n) is 3.88. The Kier molecular flexibility index (Phi) is 6.52. The number of rotatable bonds is 6. The maximum Gasteiger partial charge on any atom is 0.339 e. The number of carbonyl (C=O) groups is 1. The third-order valence-corrected chi connectivity index (χ3v) is 5.37. The topological polar surface area (TPSA) is 96.3 Å². The highest BCUT2D eigenvalue weighted by Crippen LogP contribution is 2.21. The first kappa shape index (κ1) is 21.1. The van der Waals surface area contributed by atoms with E-state index < -0.39 is 16.0 Å². The van der Waals surface area contributed by atoms with E-state index in [1.165, 1.54) is 30.3 Å². The average Bonchev–Trinajstić information content (AvgIpc) is 2.73. The van der Waals surface area contributed by atoms with E-state index in [-0.39, 0.29) is 16.2 Å². The zero-order valence-electron chi connectivity index (χ0n) is 15.4. The summed E-state index contributed by atoms with van der Waals surface area (Å²) >= 11 is 5.89. The van der Waals surface area contributed by atoms with Crippen molar-refractivity contribution < 1.29 is 17.4 Å². The smallest absolute Gasteiger partial charge is 0.339 e. The van der Waals surface area contributed by atoms with Gasteiger partial charge >= 0.3 is 10.1 Å². The van der Waals surface area contributed by atoms with Gasteiger partial charge in [0, 0.05) is 10.7 Å². The van der Waals surface area contributed by atoms with Crippen LogP contribution < -0.4 is 9.50 Å². The van der Waals surface area contributed by atoms with Crippen molar-refractivity contribution in [3.8, 4) is 11.8 Å². The minimum atomic E-state index is -3.95. The Labute approximate surface area is 179 Å². The first-order chi connectivity index (χ1) is 14.4. The van der Waals surface area contributed by atoms with Gasteiger partial charge in [0.15, 0.2) is 0 Å². The summed E-state index contributed by atoms with van der Waals surface area (Å²) in [5, 5.41) is 12.4. The number of carbonyl (C=O) groups excluding carboxylic acids is 1. The summed E-state index contributed by atoms with van der Waals surface area (Å²) in [6, 6.07) is 22.1. The molecule has 0 aliphatic rings. The van der Waals surface area contributed by atoms with Crippen LogP contribution in [0, 0.1) is 11.3 Å². The fourth-order valence-corrected chi connectivity index (χ4v) is 3.60. The van der Waals surface area contributed by atoms with Crippen LogP contribution in [-0.4, -0.2) is 14.3 Å². The molecule has 150 valence electrons. The van der Waals surface area contributed by atoms with Crippen LogP contribution in [0.4, 0.5) is 5.69 Å². The van der Waals surface area contributed by atoms with Crippen LogP contribution in [0.25, 0.3) is 6.08 Å². The minimum Gasteiger partial charge on any atom is -0.379 e. The van der Waals surface area contributed by atoms with Gasteiger partial charge in [-0.2, -0.15) is 13.7 Å². The van der Waals surface area contributed by atoms with Crippen molar-refractivity contribution in [2.75, 3.05) is 5.32 Å². The SMILES string of the molecule is N#C/C(=C\c1ccc(OS(=O)(=O)c2ccccc2)cc1)C(=O)Nc1cccc(Cl)c1. The van der Waals surface area contributed by atoms with Gasteiger partial charge in [-0.05, 0) is 54.1 Å². The lowest BCUT2D eigenvalue weighted by molar-refractivity contribution is -0.112. The summed E-state index contributed by atoms with van der Waals surface area (Å²) in [7, 11) is -3.95. The fraction of sp³-hybridized carbons (Fsp3) is 0. The van der Waals surface area contributed by atoms with Gasteiger partial charge in [0.1, 0.15) is 22.3 Å². The van der Waals surface area contributed by atoms with E-state index in [1.807, 2.05) is 6.07 Å². The van der Waals surface area contributed by atoms with Crippen LogP contribution in [0.15, 0.2) is 89.3 Å². The van der Waals surface area contributed by atoms with E-state index in [9.17, 15) is 18.5 Å². The van der Waals surface area contributed by atoms with Crippen LogP contribution in [0.5, 0.6) is 5.75 Å². The van der Waals surface area contributed by atoms with Crippen LogP contribution in [-0.2, 0) is 14.9 Å². The lowest BCUT2D eigenvalue weighted by Crippen LogP contribution is -2.13. The molecule has 0 atom stereocenters. The van der Waals surface area contributed by atoms with Gasteiger partial charge in [-0.25, -0.2) is 0 Å². The molecule has 0 aliphatic heterocycles. The predicted molar refractivity (Wildman–Crippen MR) is 114 cm³/mol. The molecule has 0 aliphatic carbocycles. The Morgan fingerprint density at radius 1 is 1.00 bits per heavy atom. The Bertz CT molecular complexity index is 1230. The maximum atomic E-state index is 12.3. The molecule has 0 unspecified atom stereocenters. The van der Waals surface area contributed by atoms with E-state index in [4.69, 9.17) is 15.8 Å². The molecule has 3 aromatic rings. The average molecular weight is 439 g/mol.